The lowest BCUT2D eigenvalue weighted by Crippen LogP contribution is -2.35. The van der Waals surface area contributed by atoms with Gasteiger partial charge in [0, 0.05) is 17.8 Å². The monoisotopic (exact) mass is 263 g/mol. The third-order valence-corrected chi connectivity index (χ3v) is 3.99. The molecule has 1 aliphatic rings. The molecule has 1 aliphatic carbocycles. The van der Waals surface area contributed by atoms with Gasteiger partial charge in [0.2, 0.25) is 0 Å². The first-order valence-electron chi connectivity index (χ1n) is 7.43. The summed E-state index contributed by atoms with van der Waals surface area (Å²) in [6.45, 7) is 6.31. The highest BCUT2D eigenvalue weighted by Gasteiger charge is 2.25. The van der Waals surface area contributed by atoms with Crippen LogP contribution < -0.4 is 5.56 Å². The van der Waals surface area contributed by atoms with Crippen LogP contribution in [0.1, 0.15) is 63.3 Å². The lowest BCUT2D eigenvalue weighted by molar-refractivity contribution is 0.0762. The third-order valence-electron chi connectivity index (χ3n) is 3.99. The number of hydrogen-bond donors (Lipinski definition) is 1. The van der Waals surface area contributed by atoms with Crippen molar-refractivity contribution in [2.45, 2.75) is 71.4 Å². The van der Waals surface area contributed by atoms with E-state index in [0.29, 0.717) is 5.56 Å². The molecule has 0 amide bonds. The summed E-state index contributed by atoms with van der Waals surface area (Å²) in [7, 11) is 0. The molecule has 0 radical (unpaired) electrons. The van der Waals surface area contributed by atoms with Gasteiger partial charge in [-0.3, -0.25) is 4.79 Å². The predicted molar refractivity (Wildman–Crippen MR) is 77.5 cm³/mol. The molecular formula is C16H25NO2. The van der Waals surface area contributed by atoms with E-state index >= 15 is 0 Å². The molecule has 0 spiro atoms. The van der Waals surface area contributed by atoms with Gasteiger partial charge >= 0.3 is 0 Å². The van der Waals surface area contributed by atoms with Gasteiger partial charge in [0.15, 0.2) is 0 Å². The van der Waals surface area contributed by atoms with Crippen molar-refractivity contribution in [2.24, 2.45) is 0 Å². The summed E-state index contributed by atoms with van der Waals surface area (Å²) in [5.74, 6) is 0. The fraction of sp³-hybridized carbons (Fsp3) is 0.688. The molecule has 0 saturated heterocycles. The molecule has 3 nitrogen and oxygen atoms in total. The van der Waals surface area contributed by atoms with Crippen molar-refractivity contribution in [1.29, 1.82) is 0 Å². The van der Waals surface area contributed by atoms with Crippen LogP contribution in [-0.4, -0.2) is 9.67 Å². The zero-order valence-corrected chi connectivity index (χ0v) is 12.3. The normalized spacial score (nSPS) is 15.4. The topological polar surface area (TPSA) is 42.2 Å². The predicted octanol–water partition coefficient (Wildman–Crippen LogP) is 2.75. The minimum absolute atomic E-state index is 0.00148. The summed E-state index contributed by atoms with van der Waals surface area (Å²) >= 11 is 0. The van der Waals surface area contributed by atoms with E-state index in [1.165, 1.54) is 24.1 Å². The van der Waals surface area contributed by atoms with Crippen molar-refractivity contribution in [3.63, 3.8) is 0 Å². The van der Waals surface area contributed by atoms with Gasteiger partial charge in [-0.15, -0.1) is 0 Å². The molecule has 2 rings (SSSR count). The Morgan fingerprint density at radius 1 is 1.32 bits per heavy atom. The molecule has 1 N–H and O–H groups in total. The minimum Gasteiger partial charge on any atom is -0.386 e. The fourth-order valence-corrected chi connectivity index (χ4v) is 2.87. The highest BCUT2D eigenvalue weighted by molar-refractivity contribution is 5.31. The van der Waals surface area contributed by atoms with Crippen molar-refractivity contribution < 1.29 is 5.11 Å². The quantitative estimate of drug-likeness (QED) is 0.907. The van der Waals surface area contributed by atoms with Crippen LogP contribution in [0.25, 0.3) is 0 Å². The number of rotatable bonds is 4. The number of aliphatic hydroxyl groups is 1. The average molecular weight is 263 g/mol. The molecule has 1 heterocycles. The Balaban J connectivity index is 2.57. The van der Waals surface area contributed by atoms with Crippen LogP contribution >= 0.6 is 0 Å². The van der Waals surface area contributed by atoms with Gasteiger partial charge in [-0.25, -0.2) is 0 Å². The summed E-state index contributed by atoms with van der Waals surface area (Å²) in [5.41, 5.74) is 1.96. The molecule has 0 saturated carbocycles. The van der Waals surface area contributed by atoms with Crippen molar-refractivity contribution in [3.8, 4) is 0 Å². The van der Waals surface area contributed by atoms with E-state index in [0.717, 1.165) is 32.2 Å². The summed E-state index contributed by atoms with van der Waals surface area (Å²) in [6, 6.07) is 1.94. The van der Waals surface area contributed by atoms with E-state index in [1.54, 1.807) is 13.8 Å². The largest absolute Gasteiger partial charge is 0.386 e. The van der Waals surface area contributed by atoms with Crippen molar-refractivity contribution in [3.05, 3.63) is 33.2 Å². The highest BCUT2D eigenvalue weighted by Crippen LogP contribution is 2.25. The second kappa shape index (κ2) is 5.49. The van der Waals surface area contributed by atoms with Gasteiger partial charge in [-0.1, -0.05) is 13.3 Å². The molecule has 0 aliphatic heterocycles. The van der Waals surface area contributed by atoms with Crippen LogP contribution in [-0.2, 0) is 25.0 Å². The van der Waals surface area contributed by atoms with E-state index in [4.69, 9.17) is 0 Å². The summed E-state index contributed by atoms with van der Waals surface area (Å²) < 4.78 is 1.92. The number of aromatic nitrogens is 1. The van der Waals surface area contributed by atoms with E-state index in [2.05, 4.69) is 6.92 Å². The van der Waals surface area contributed by atoms with Gasteiger partial charge in [-0.05, 0) is 57.6 Å². The van der Waals surface area contributed by atoms with Crippen LogP contribution in [0.4, 0.5) is 0 Å². The molecular weight excluding hydrogens is 238 g/mol. The van der Waals surface area contributed by atoms with E-state index < -0.39 is 5.60 Å². The molecule has 1 aromatic heterocycles. The lowest BCUT2D eigenvalue weighted by Gasteiger charge is -2.26. The standard InChI is InChI=1S/C16H25NO2/c1-4-5-10-17-14-9-7-6-8-12(14)11-13(15(17)18)16(2,3)19/h11,19H,4-10H2,1-3H3. The maximum Gasteiger partial charge on any atom is 0.256 e. The first-order chi connectivity index (χ1) is 8.95. The first-order valence-corrected chi connectivity index (χ1v) is 7.43. The van der Waals surface area contributed by atoms with Gasteiger partial charge in [0.05, 0.1) is 5.60 Å². The number of hydrogen-bond acceptors (Lipinski definition) is 2. The van der Waals surface area contributed by atoms with Crippen LogP contribution in [0.5, 0.6) is 0 Å². The second-order valence-electron chi connectivity index (χ2n) is 6.11. The van der Waals surface area contributed by atoms with Crippen LogP contribution in [0.15, 0.2) is 10.9 Å². The van der Waals surface area contributed by atoms with Crippen molar-refractivity contribution in [1.82, 2.24) is 4.57 Å². The maximum absolute atomic E-state index is 12.6. The Labute approximate surface area is 115 Å². The Morgan fingerprint density at radius 3 is 2.63 bits per heavy atom. The number of nitrogens with zero attached hydrogens (tertiary/aromatic N) is 1. The van der Waals surface area contributed by atoms with E-state index in [9.17, 15) is 9.90 Å². The Morgan fingerprint density at radius 2 is 2.00 bits per heavy atom. The van der Waals surface area contributed by atoms with Crippen LogP contribution in [0.3, 0.4) is 0 Å². The molecule has 0 aromatic carbocycles. The number of fused-ring (bicyclic) bond motifs is 1. The van der Waals surface area contributed by atoms with E-state index in [1.807, 2.05) is 10.6 Å². The first kappa shape index (κ1) is 14.3. The Bertz CT molecular complexity index is 509. The van der Waals surface area contributed by atoms with Crippen LogP contribution in [0, 0.1) is 0 Å². The van der Waals surface area contributed by atoms with Crippen LogP contribution in [0.2, 0.25) is 0 Å². The van der Waals surface area contributed by atoms with Crippen molar-refractivity contribution in [2.75, 3.05) is 0 Å². The molecule has 0 atom stereocenters. The smallest absolute Gasteiger partial charge is 0.256 e. The molecule has 19 heavy (non-hydrogen) atoms. The van der Waals surface area contributed by atoms with Gasteiger partial charge in [-0.2, -0.15) is 0 Å². The second-order valence-corrected chi connectivity index (χ2v) is 6.11. The fourth-order valence-electron chi connectivity index (χ4n) is 2.87. The SMILES string of the molecule is CCCCn1c2c(cc(C(C)(C)O)c1=O)CCCC2. The molecule has 106 valence electrons. The summed E-state index contributed by atoms with van der Waals surface area (Å²) in [4.78, 5) is 12.6. The van der Waals surface area contributed by atoms with Crippen molar-refractivity contribution >= 4 is 0 Å². The van der Waals surface area contributed by atoms with Gasteiger partial charge < -0.3 is 9.67 Å². The third kappa shape index (κ3) is 2.92. The zero-order valence-electron chi connectivity index (χ0n) is 12.3. The number of aryl methyl sites for hydroxylation is 1. The average Bonchev–Trinajstić information content (AvgIpc) is 2.36. The number of unbranched alkanes of at least 4 members (excludes halogenated alkanes) is 1. The Hall–Kier alpha value is -1.09. The summed E-state index contributed by atoms with van der Waals surface area (Å²) in [6.07, 6.45) is 6.48. The minimum atomic E-state index is -1.06. The van der Waals surface area contributed by atoms with E-state index in [-0.39, 0.29) is 5.56 Å². The Kier molecular flexibility index (Phi) is 4.14. The molecule has 3 heteroatoms. The maximum atomic E-state index is 12.6. The molecule has 0 fully saturated rings. The number of pyridine rings is 1. The van der Waals surface area contributed by atoms with Gasteiger partial charge in [0.1, 0.15) is 0 Å². The molecule has 1 aromatic rings. The molecule has 0 unspecified atom stereocenters. The highest BCUT2D eigenvalue weighted by atomic mass is 16.3. The summed E-state index contributed by atoms with van der Waals surface area (Å²) in [5, 5.41) is 10.2. The zero-order chi connectivity index (χ0) is 14.0. The molecule has 0 bridgehead atoms. The van der Waals surface area contributed by atoms with Gasteiger partial charge in [0.25, 0.3) is 5.56 Å². The lowest BCUT2D eigenvalue weighted by atomic mass is 9.90.